The second kappa shape index (κ2) is 6.38. The highest BCUT2D eigenvalue weighted by atomic mass is 127. The van der Waals surface area contributed by atoms with Gasteiger partial charge in [-0.3, -0.25) is 0 Å². The first-order valence-electron chi connectivity index (χ1n) is 7.17. The lowest BCUT2D eigenvalue weighted by Gasteiger charge is -2.30. The van der Waals surface area contributed by atoms with Gasteiger partial charge in [0, 0.05) is 19.2 Å². The van der Waals surface area contributed by atoms with Crippen molar-refractivity contribution < 1.29 is 4.39 Å². The first-order valence-corrected chi connectivity index (χ1v) is 8.78. The molecule has 0 saturated carbocycles. The zero-order valence-corrected chi connectivity index (χ0v) is 14.9. The van der Waals surface area contributed by atoms with Crippen LogP contribution < -0.4 is 0 Å². The van der Waals surface area contributed by atoms with E-state index in [1.54, 1.807) is 12.1 Å². The Morgan fingerprint density at radius 1 is 1.48 bits per heavy atom. The number of alkyl halides is 1. The summed E-state index contributed by atoms with van der Waals surface area (Å²) >= 11 is 8.04. The van der Waals surface area contributed by atoms with Crippen molar-refractivity contribution in [3.63, 3.8) is 0 Å². The van der Waals surface area contributed by atoms with Gasteiger partial charge in [-0.05, 0) is 61.0 Å². The predicted molar refractivity (Wildman–Crippen MR) is 92.2 cm³/mol. The van der Waals surface area contributed by atoms with Crippen molar-refractivity contribution in [2.75, 3.05) is 20.1 Å². The average Bonchev–Trinajstić information content (AvgIpc) is 2.77. The highest BCUT2D eigenvalue weighted by Crippen LogP contribution is 2.25. The summed E-state index contributed by atoms with van der Waals surface area (Å²) in [5.41, 5.74) is 1.69. The molecule has 1 saturated heterocycles. The monoisotopic (exact) mass is 421 g/mol. The summed E-state index contributed by atoms with van der Waals surface area (Å²) < 4.78 is 16.6. The second-order valence-electron chi connectivity index (χ2n) is 5.80. The third-order valence-corrected chi connectivity index (χ3v) is 5.22. The highest BCUT2D eigenvalue weighted by molar-refractivity contribution is 14.1. The summed E-state index contributed by atoms with van der Waals surface area (Å²) in [5.74, 6) is 1.58. The lowest BCUT2D eigenvalue weighted by Crippen LogP contribution is -2.34. The Labute approximate surface area is 142 Å². The second-order valence-corrected chi connectivity index (χ2v) is 7.23. The van der Waals surface area contributed by atoms with Gasteiger partial charge in [-0.2, -0.15) is 0 Å². The van der Waals surface area contributed by atoms with Crippen molar-refractivity contribution in [1.82, 2.24) is 14.5 Å². The normalized spacial score (nSPS) is 20.3. The van der Waals surface area contributed by atoms with Crippen molar-refractivity contribution in [3.8, 4) is 0 Å². The quantitative estimate of drug-likeness (QED) is 0.554. The van der Waals surface area contributed by atoms with Crippen LogP contribution in [-0.2, 0) is 12.4 Å². The van der Waals surface area contributed by atoms with E-state index in [-0.39, 0.29) is 5.82 Å². The molecule has 1 fully saturated rings. The molecule has 21 heavy (non-hydrogen) atoms. The minimum atomic E-state index is -0.189. The lowest BCUT2D eigenvalue weighted by molar-refractivity contribution is 0.195. The Kier molecular flexibility index (Phi) is 4.71. The lowest BCUT2D eigenvalue weighted by atomic mass is 9.98. The fourth-order valence-electron chi connectivity index (χ4n) is 3.16. The predicted octanol–water partition coefficient (Wildman–Crippen LogP) is 3.86. The molecular weight excluding hydrogens is 404 g/mol. The molecule has 6 heteroatoms. The molecule has 1 aliphatic heterocycles. The van der Waals surface area contributed by atoms with Crippen LogP contribution in [0.15, 0.2) is 12.1 Å². The standard InChI is InChI=1S/C15H18ClFIN3/c1-20-4-2-3-10(8-20)9-21-14-5-11(17)12(18)6-13(14)19-15(21)7-16/h5-6,10H,2-4,7-9H2,1H3. The number of benzene rings is 1. The van der Waals surface area contributed by atoms with E-state index in [2.05, 4.69) is 21.5 Å². The Hall–Kier alpha value is -0.400. The summed E-state index contributed by atoms with van der Waals surface area (Å²) in [6.45, 7) is 3.10. The maximum atomic E-state index is 13.9. The molecule has 0 amide bonds. The molecule has 0 spiro atoms. The molecule has 0 bridgehead atoms. The van der Waals surface area contributed by atoms with E-state index >= 15 is 0 Å². The van der Waals surface area contributed by atoms with Crippen LogP contribution >= 0.6 is 34.2 Å². The van der Waals surface area contributed by atoms with Crippen LogP contribution in [0.5, 0.6) is 0 Å². The van der Waals surface area contributed by atoms with Gasteiger partial charge in [0.05, 0.1) is 20.5 Å². The van der Waals surface area contributed by atoms with Gasteiger partial charge in [0.25, 0.3) is 0 Å². The SMILES string of the molecule is CN1CCCC(Cn2c(CCl)nc3cc(I)c(F)cc32)C1. The van der Waals surface area contributed by atoms with Crippen LogP contribution in [0.4, 0.5) is 4.39 Å². The van der Waals surface area contributed by atoms with Crippen molar-refractivity contribution >= 4 is 45.2 Å². The van der Waals surface area contributed by atoms with Crippen molar-refractivity contribution in [3.05, 3.63) is 27.3 Å². The highest BCUT2D eigenvalue weighted by Gasteiger charge is 2.21. The zero-order valence-electron chi connectivity index (χ0n) is 12.0. The number of hydrogen-bond acceptors (Lipinski definition) is 2. The largest absolute Gasteiger partial charge is 0.327 e. The molecular formula is C15H18ClFIN3. The number of rotatable bonds is 3. The summed E-state index contributed by atoms with van der Waals surface area (Å²) in [5, 5.41) is 0. The van der Waals surface area contributed by atoms with Crippen molar-refractivity contribution in [1.29, 1.82) is 0 Å². The summed E-state index contributed by atoms with van der Waals surface area (Å²) in [6, 6.07) is 3.39. The number of aromatic nitrogens is 2. The third-order valence-electron chi connectivity index (χ3n) is 4.15. The van der Waals surface area contributed by atoms with E-state index in [0.717, 1.165) is 36.5 Å². The molecule has 0 radical (unpaired) electrons. The molecule has 2 aromatic rings. The Balaban J connectivity index is 1.97. The van der Waals surface area contributed by atoms with Gasteiger partial charge in [-0.1, -0.05) is 0 Å². The van der Waals surface area contributed by atoms with E-state index in [4.69, 9.17) is 11.6 Å². The Morgan fingerprint density at radius 3 is 3.00 bits per heavy atom. The van der Waals surface area contributed by atoms with E-state index in [0.29, 0.717) is 15.4 Å². The van der Waals surface area contributed by atoms with Gasteiger partial charge in [-0.25, -0.2) is 9.37 Å². The summed E-state index contributed by atoms with van der Waals surface area (Å²) in [6.07, 6.45) is 2.43. The number of piperidine rings is 1. The fraction of sp³-hybridized carbons (Fsp3) is 0.533. The first-order chi connectivity index (χ1) is 10.1. The molecule has 1 aliphatic rings. The van der Waals surface area contributed by atoms with Crippen LogP contribution in [-0.4, -0.2) is 34.6 Å². The third kappa shape index (κ3) is 3.19. The molecule has 114 valence electrons. The average molecular weight is 422 g/mol. The van der Waals surface area contributed by atoms with Gasteiger partial charge in [0.2, 0.25) is 0 Å². The maximum Gasteiger partial charge on any atom is 0.138 e. The minimum Gasteiger partial charge on any atom is -0.327 e. The van der Waals surface area contributed by atoms with Gasteiger partial charge in [-0.15, -0.1) is 11.6 Å². The molecule has 0 aliphatic carbocycles. The Morgan fingerprint density at radius 2 is 2.29 bits per heavy atom. The maximum absolute atomic E-state index is 13.9. The van der Waals surface area contributed by atoms with Crippen LogP contribution in [0.1, 0.15) is 18.7 Å². The topological polar surface area (TPSA) is 21.1 Å². The van der Waals surface area contributed by atoms with Gasteiger partial charge < -0.3 is 9.47 Å². The van der Waals surface area contributed by atoms with E-state index < -0.39 is 0 Å². The van der Waals surface area contributed by atoms with Crippen molar-refractivity contribution in [2.24, 2.45) is 5.92 Å². The number of halogens is 3. The van der Waals surface area contributed by atoms with Crippen molar-refractivity contribution in [2.45, 2.75) is 25.3 Å². The molecule has 1 unspecified atom stereocenters. The van der Waals surface area contributed by atoms with Crippen LogP contribution in [0.3, 0.4) is 0 Å². The smallest absolute Gasteiger partial charge is 0.138 e. The number of imidazole rings is 1. The number of fused-ring (bicyclic) bond motifs is 1. The van der Waals surface area contributed by atoms with Crippen LogP contribution in [0.25, 0.3) is 11.0 Å². The number of likely N-dealkylation sites (tertiary alicyclic amines) is 1. The summed E-state index contributed by atoms with van der Waals surface area (Å²) in [4.78, 5) is 6.92. The molecule has 3 nitrogen and oxygen atoms in total. The van der Waals surface area contributed by atoms with E-state index in [1.165, 1.54) is 12.8 Å². The molecule has 3 rings (SSSR count). The minimum absolute atomic E-state index is 0.189. The summed E-state index contributed by atoms with van der Waals surface area (Å²) in [7, 11) is 2.16. The van der Waals surface area contributed by atoms with Gasteiger partial charge >= 0.3 is 0 Å². The van der Waals surface area contributed by atoms with Crippen LogP contribution in [0.2, 0.25) is 0 Å². The Bertz CT molecular complexity index is 658. The number of hydrogen-bond donors (Lipinski definition) is 0. The number of nitrogens with zero attached hydrogens (tertiary/aromatic N) is 3. The zero-order chi connectivity index (χ0) is 15.0. The fourth-order valence-corrected chi connectivity index (χ4v) is 3.81. The van der Waals surface area contributed by atoms with Crippen LogP contribution in [0, 0.1) is 15.3 Å². The van der Waals surface area contributed by atoms with Gasteiger partial charge in [0.15, 0.2) is 0 Å². The van der Waals surface area contributed by atoms with E-state index in [9.17, 15) is 4.39 Å². The molecule has 0 N–H and O–H groups in total. The van der Waals surface area contributed by atoms with Gasteiger partial charge in [0.1, 0.15) is 11.6 Å². The van der Waals surface area contributed by atoms with E-state index in [1.807, 2.05) is 22.6 Å². The molecule has 1 aromatic carbocycles. The molecule has 1 atom stereocenters. The molecule has 1 aromatic heterocycles. The first kappa shape index (κ1) is 15.5. The molecule has 2 heterocycles.